The first-order valence-corrected chi connectivity index (χ1v) is 11.2. The molecule has 7 atom stereocenters. The Morgan fingerprint density at radius 1 is 1.23 bits per heavy atom. The van der Waals surface area contributed by atoms with Gasteiger partial charge in [-0.15, -0.1) is 0 Å². The molecule has 1 amide bonds. The van der Waals surface area contributed by atoms with Crippen LogP contribution < -0.4 is 16.4 Å². The first kappa shape index (κ1) is 25.1. The molecule has 9 N–H and O–H groups in total. The van der Waals surface area contributed by atoms with Gasteiger partial charge in [-0.25, -0.2) is 0 Å². The third-order valence-corrected chi connectivity index (χ3v) is 7.99. The van der Waals surface area contributed by atoms with Crippen LogP contribution in [0.25, 0.3) is 5.76 Å². The number of halogens is 1. The van der Waals surface area contributed by atoms with Crippen molar-refractivity contribution in [2.75, 3.05) is 14.1 Å². The summed E-state index contributed by atoms with van der Waals surface area (Å²) < 4.78 is 0. The van der Waals surface area contributed by atoms with Crippen molar-refractivity contribution in [3.63, 3.8) is 0 Å². The smallest absolute Gasteiger partial charge is 0.230 e. The van der Waals surface area contributed by atoms with Crippen LogP contribution >= 0.6 is 11.6 Å². The fourth-order valence-electron chi connectivity index (χ4n) is 5.97. The summed E-state index contributed by atoms with van der Waals surface area (Å²) in [7, 11) is 2.86. The van der Waals surface area contributed by atoms with E-state index in [0.29, 0.717) is 0 Å². The normalized spacial score (nSPS) is 36.2. The second-order valence-corrected chi connectivity index (χ2v) is 9.52. The number of nitrogens with two attached hydrogens (primary N) is 1. The molecule has 188 valence electrons. The maximum atomic E-state index is 13.9. The van der Waals surface area contributed by atoms with Crippen molar-refractivity contribution >= 4 is 34.8 Å². The van der Waals surface area contributed by atoms with Crippen LogP contribution in [-0.2, 0) is 20.0 Å². The van der Waals surface area contributed by atoms with Gasteiger partial charge in [-0.2, -0.15) is 0 Å². The summed E-state index contributed by atoms with van der Waals surface area (Å²) in [6.07, 6.45) is -2.00. The average molecular weight is 508 g/mol. The molecule has 0 aliphatic heterocycles. The Morgan fingerprint density at radius 3 is 2.40 bits per heavy atom. The van der Waals surface area contributed by atoms with E-state index < -0.39 is 75.7 Å². The zero-order valence-corrected chi connectivity index (χ0v) is 19.6. The van der Waals surface area contributed by atoms with Crippen LogP contribution in [0.5, 0.6) is 5.75 Å². The predicted octanol–water partition coefficient (Wildman–Crippen LogP) is -1.18. The number of hydrogen-bond donors (Lipinski definition) is 8. The molecule has 7 unspecified atom stereocenters. The highest BCUT2D eigenvalue weighted by Crippen LogP contribution is 2.59. The summed E-state index contributed by atoms with van der Waals surface area (Å²) in [5, 5.41) is 61.5. The van der Waals surface area contributed by atoms with E-state index in [9.17, 15) is 39.9 Å². The SMILES string of the molecule is C=C(NC)C1(O)c2c(Cl)ccc(O)c2C(O)=C2C(=O)C3(O)C(=O)C(C(N)=O)C(O)C(NC)C3CC21. The number of phenols is 1. The zero-order chi connectivity index (χ0) is 26.2. The topological polar surface area (TPSA) is 202 Å². The van der Waals surface area contributed by atoms with E-state index in [0.717, 1.165) is 6.07 Å². The number of phenolic OH excluding ortho intramolecular Hbond substituents is 1. The summed E-state index contributed by atoms with van der Waals surface area (Å²) in [6, 6.07) is 1.27. The van der Waals surface area contributed by atoms with Gasteiger partial charge in [0.1, 0.15) is 23.0 Å². The molecule has 12 heteroatoms. The molecular formula is C23H26ClN3O8. The van der Waals surface area contributed by atoms with Crippen molar-refractivity contribution < 1.29 is 39.9 Å². The summed E-state index contributed by atoms with van der Waals surface area (Å²) in [4.78, 5) is 39.1. The largest absolute Gasteiger partial charge is 0.507 e. The summed E-state index contributed by atoms with van der Waals surface area (Å²) in [5.41, 5.74) is -0.814. The Labute approximate surface area is 204 Å². The van der Waals surface area contributed by atoms with Crippen molar-refractivity contribution in [3.8, 4) is 5.75 Å². The molecule has 35 heavy (non-hydrogen) atoms. The highest BCUT2D eigenvalue weighted by atomic mass is 35.5. The standard InChI is InChI=1S/C23H26ClN3O8/c1-7(26-2)22(34)8-6-9-16(27-3)18(30)14(21(25)33)20(32)23(9,35)19(31)12(8)17(29)13-11(28)5-4-10(24)15(13)22/h4-5,8-9,14,16,18,26-30,34-35H,1,6H2,2-3H3,(H2,25,33). The molecule has 1 aromatic rings. The van der Waals surface area contributed by atoms with E-state index in [4.69, 9.17) is 17.3 Å². The molecule has 1 aromatic carbocycles. The van der Waals surface area contributed by atoms with E-state index in [1.54, 1.807) is 0 Å². The Kier molecular flexibility index (Phi) is 5.77. The van der Waals surface area contributed by atoms with Crippen molar-refractivity contribution in [1.82, 2.24) is 10.6 Å². The average Bonchev–Trinajstić information content (AvgIpc) is 2.80. The molecule has 0 heterocycles. The van der Waals surface area contributed by atoms with Gasteiger partial charge >= 0.3 is 0 Å². The maximum Gasteiger partial charge on any atom is 0.230 e. The van der Waals surface area contributed by atoms with Gasteiger partial charge in [0.05, 0.1) is 11.7 Å². The third-order valence-electron chi connectivity index (χ3n) is 7.68. The number of amides is 1. The minimum Gasteiger partial charge on any atom is -0.507 e. The number of fused-ring (bicyclic) bond motifs is 3. The van der Waals surface area contributed by atoms with Crippen LogP contribution in [0.2, 0.25) is 5.02 Å². The second-order valence-electron chi connectivity index (χ2n) is 9.11. The van der Waals surface area contributed by atoms with E-state index in [2.05, 4.69) is 17.2 Å². The number of aliphatic hydroxyl groups is 4. The number of hydrogen-bond acceptors (Lipinski definition) is 10. The monoisotopic (exact) mass is 507 g/mol. The van der Waals surface area contributed by atoms with Crippen LogP contribution in [-0.4, -0.2) is 74.8 Å². The van der Waals surface area contributed by atoms with Crippen molar-refractivity contribution in [1.29, 1.82) is 0 Å². The molecule has 2 fully saturated rings. The van der Waals surface area contributed by atoms with E-state index in [-0.39, 0.29) is 28.3 Å². The number of ketones is 2. The van der Waals surface area contributed by atoms with Gasteiger partial charge in [0.15, 0.2) is 11.4 Å². The summed E-state index contributed by atoms with van der Waals surface area (Å²) in [5.74, 6) is -9.69. The number of carbonyl (C=O) groups excluding carboxylic acids is 3. The van der Waals surface area contributed by atoms with Crippen LogP contribution in [0.15, 0.2) is 30.0 Å². The minimum atomic E-state index is -2.86. The molecule has 0 bridgehead atoms. The fourth-order valence-corrected chi connectivity index (χ4v) is 6.28. The van der Waals surface area contributed by atoms with E-state index >= 15 is 0 Å². The molecule has 0 aromatic heterocycles. The number of carbonyl (C=O) groups is 3. The lowest BCUT2D eigenvalue weighted by Gasteiger charge is -2.55. The van der Waals surface area contributed by atoms with Gasteiger partial charge in [0, 0.05) is 46.8 Å². The van der Waals surface area contributed by atoms with Crippen LogP contribution in [0.4, 0.5) is 0 Å². The number of rotatable bonds is 4. The van der Waals surface area contributed by atoms with Gasteiger partial charge < -0.3 is 41.9 Å². The lowest BCUT2D eigenvalue weighted by molar-refractivity contribution is -0.182. The molecule has 0 saturated heterocycles. The number of aliphatic hydroxyl groups excluding tert-OH is 2. The quantitative estimate of drug-likeness (QED) is 0.229. The first-order chi connectivity index (χ1) is 16.3. The number of aromatic hydroxyl groups is 1. The van der Waals surface area contributed by atoms with Crippen LogP contribution in [0, 0.1) is 17.8 Å². The lowest BCUT2D eigenvalue weighted by Crippen LogP contribution is -2.74. The van der Waals surface area contributed by atoms with Crippen molar-refractivity contribution in [3.05, 3.63) is 46.1 Å². The fraction of sp³-hybridized carbons (Fsp3) is 0.435. The van der Waals surface area contributed by atoms with Gasteiger partial charge in [0.25, 0.3) is 0 Å². The molecule has 3 aliphatic rings. The van der Waals surface area contributed by atoms with E-state index in [1.165, 1.54) is 20.2 Å². The zero-order valence-electron chi connectivity index (χ0n) is 18.9. The van der Waals surface area contributed by atoms with Gasteiger partial charge in [-0.3, -0.25) is 14.4 Å². The maximum absolute atomic E-state index is 13.9. The predicted molar refractivity (Wildman–Crippen MR) is 123 cm³/mol. The number of benzene rings is 1. The number of likely N-dealkylation sites (N-methyl/N-ethyl adjacent to an activating group) is 2. The Hall–Kier alpha value is -2.96. The van der Waals surface area contributed by atoms with Crippen LogP contribution in [0.1, 0.15) is 17.5 Å². The van der Waals surface area contributed by atoms with Gasteiger partial charge in [-0.05, 0) is 25.6 Å². The number of Topliss-reactive ketones (excluding diaryl/α,β-unsaturated/α-hetero) is 2. The third kappa shape index (κ3) is 2.96. The molecule has 11 nitrogen and oxygen atoms in total. The van der Waals surface area contributed by atoms with Crippen molar-refractivity contribution in [2.45, 2.75) is 29.8 Å². The van der Waals surface area contributed by atoms with Crippen LogP contribution in [0.3, 0.4) is 0 Å². The van der Waals surface area contributed by atoms with Gasteiger partial charge in [0.2, 0.25) is 11.7 Å². The summed E-state index contributed by atoms with van der Waals surface area (Å²) in [6.45, 7) is 3.83. The number of nitrogens with one attached hydrogen (secondary N) is 2. The Bertz CT molecular complexity index is 1220. The van der Waals surface area contributed by atoms with Crippen molar-refractivity contribution in [2.24, 2.45) is 23.5 Å². The minimum absolute atomic E-state index is 0.0433. The highest BCUT2D eigenvalue weighted by Gasteiger charge is 2.69. The second kappa shape index (κ2) is 8.04. The van der Waals surface area contributed by atoms with Gasteiger partial charge in [-0.1, -0.05) is 18.2 Å². The molecule has 3 aliphatic carbocycles. The lowest BCUT2D eigenvalue weighted by atomic mass is 9.52. The molecular weight excluding hydrogens is 482 g/mol. The Morgan fingerprint density at radius 2 is 1.86 bits per heavy atom. The molecule has 0 radical (unpaired) electrons. The highest BCUT2D eigenvalue weighted by molar-refractivity contribution is 6.32. The first-order valence-electron chi connectivity index (χ1n) is 10.8. The molecule has 0 spiro atoms. The van der Waals surface area contributed by atoms with E-state index in [1.807, 2.05) is 0 Å². The molecule has 4 rings (SSSR count). The number of primary amides is 1. The summed E-state index contributed by atoms with van der Waals surface area (Å²) >= 11 is 6.39. The molecule has 2 saturated carbocycles. The Balaban J connectivity index is 2.06.